The van der Waals surface area contributed by atoms with Crippen molar-refractivity contribution in [2.75, 3.05) is 19.5 Å². The smallest absolute Gasteiger partial charge is 0.357 e. The molecule has 0 radical (unpaired) electrons. The van der Waals surface area contributed by atoms with Gasteiger partial charge in [0.15, 0.2) is 17.2 Å². The quantitative estimate of drug-likeness (QED) is 0.854. The molecular weight excluding hydrogens is 252 g/mol. The number of hydrogen-bond donors (Lipinski definition) is 2. The van der Waals surface area contributed by atoms with Gasteiger partial charge in [-0.2, -0.15) is 4.98 Å². The van der Waals surface area contributed by atoms with Crippen molar-refractivity contribution in [2.24, 2.45) is 0 Å². The summed E-state index contributed by atoms with van der Waals surface area (Å²) >= 11 is 0. The lowest BCUT2D eigenvalue weighted by Crippen LogP contribution is -1.97. The van der Waals surface area contributed by atoms with E-state index in [0.717, 1.165) is 6.26 Å². The first-order valence-corrected chi connectivity index (χ1v) is 5.32. The Hall–Kier alpha value is -2.70. The van der Waals surface area contributed by atoms with Gasteiger partial charge in [0.1, 0.15) is 6.26 Å². The molecule has 0 aliphatic rings. The van der Waals surface area contributed by atoms with E-state index in [1.165, 1.54) is 14.2 Å². The molecule has 0 saturated heterocycles. The zero-order valence-electron chi connectivity index (χ0n) is 10.3. The Bertz CT molecular complexity index is 594. The van der Waals surface area contributed by atoms with E-state index in [1.54, 1.807) is 18.2 Å². The highest BCUT2D eigenvalue weighted by molar-refractivity contribution is 5.85. The summed E-state index contributed by atoms with van der Waals surface area (Å²) in [4.78, 5) is 14.4. The SMILES string of the molecule is COc1ccc(Nc2nc(C(=O)O)co2)cc1OC. The molecule has 19 heavy (non-hydrogen) atoms. The molecule has 2 aromatic rings. The number of rotatable bonds is 5. The third kappa shape index (κ3) is 2.76. The van der Waals surface area contributed by atoms with Crippen molar-refractivity contribution in [1.82, 2.24) is 4.98 Å². The summed E-state index contributed by atoms with van der Waals surface area (Å²) in [6, 6.07) is 5.21. The van der Waals surface area contributed by atoms with Crippen molar-refractivity contribution < 1.29 is 23.8 Å². The first kappa shape index (κ1) is 12.7. The van der Waals surface area contributed by atoms with Crippen LogP contribution >= 0.6 is 0 Å². The topological polar surface area (TPSA) is 93.8 Å². The number of aromatic carboxylic acids is 1. The lowest BCUT2D eigenvalue weighted by Gasteiger charge is -2.09. The van der Waals surface area contributed by atoms with Crippen LogP contribution in [0.15, 0.2) is 28.9 Å². The van der Waals surface area contributed by atoms with E-state index >= 15 is 0 Å². The summed E-state index contributed by atoms with van der Waals surface area (Å²) in [5, 5.41) is 11.6. The Morgan fingerprint density at radius 3 is 2.63 bits per heavy atom. The predicted molar refractivity (Wildman–Crippen MR) is 66.3 cm³/mol. The number of benzene rings is 1. The van der Waals surface area contributed by atoms with Crippen molar-refractivity contribution >= 4 is 17.7 Å². The Labute approximate surface area is 108 Å². The van der Waals surface area contributed by atoms with Crippen LogP contribution in [0.1, 0.15) is 10.5 Å². The number of hydrogen-bond acceptors (Lipinski definition) is 6. The van der Waals surface area contributed by atoms with Gasteiger partial charge in [0.2, 0.25) is 0 Å². The van der Waals surface area contributed by atoms with Gasteiger partial charge in [-0.3, -0.25) is 0 Å². The minimum Gasteiger partial charge on any atom is -0.493 e. The molecule has 2 N–H and O–H groups in total. The van der Waals surface area contributed by atoms with Crippen LogP contribution in [0, 0.1) is 0 Å². The normalized spacial score (nSPS) is 10.0. The van der Waals surface area contributed by atoms with Crippen molar-refractivity contribution in [3.8, 4) is 11.5 Å². The van der Waals surface area contributed by atoms with Crippen LogP contribution in [0.2, 0.25) is 0 Å². The van der Waals surface area contributed by atoms with Crippen LogP contribution in [0.4, 0.5) is 11.7 Å². The third-order valence-electron chi connectivity index (χ3n) is 2.36. The Morgan fingerprint density at radius 1 is 1.32 bits per heavy atom. The van der Waals surface area contributed by atoms with Crippen molar-refractivity contribution in [3.63, 3.8) is 0 Å². The summed E-state index contributed by atoms with van der Waals surface area (Å²) in [6.45, 7) is 0. The number of carboxylic acid groups (broad SMARTS) is 1. The van der Waals surface area contributed by atoms with Crippen molar-refractivity contribution in [3.05, 3.63) is 30.2 Å². The van der Waals surface area contributed by atoms with Gasteiger partial charge in [0.05, 0.1) is 14.2 Å². The zero-order chi connectivity index (χ0) is 13.8. The number of ether oxygens (including phenoxy) is 2. The molecule has 0 aliphatic carbocycles. The molecule has 0 fully saturated rings. The molecular formula is C12H12N2O5. The average Bonchev–Trinajstić information content (AvgIpc) is 2.87. The summed E-state index contributed by atoms with van der Waals surface area (Å²) in [7, 11) is 3.06. The fourth-order valence-corrected chi connectivity index (χ4v) is 1.47. The minimum atomic E-state index is -1.15. The number of anilines is 2. The van der Waals surface area contributed by atoms with E-state index in [4.69, 9.17) is 19.0 Å². The first-order valence-electron chi connectivity index (χ1n) is 5.32. The fourth-order valence-electron chi connectivity index (χ4n) is 1.47. The zero-order valence-corrected chi connectivity index (χ0v) is 10.3. The maximum atomic E-state index is 10.7. The largest absolute Gasteiger partial charge is 0.493 e. The first-order chi connectivity index (χ1) is 9.13. The molecule has 1 aromatic heterocycles. The van der Waals surface area contributed by atoms with Crippen molar-refractivity contribution in [1.29, 1.82) is 0 Å². The lowest BCUT2D eigenvalue weighted by atomic mass is 10.3. The number of nitrogens with one attached hydrogen (secondary N) is 1. The number of methoxy groups -OCH3 is 2. The van der Waals surface area contributed by atoms with Crippen LogP contribution < -0.4 is 14.8 Å². The second-order valence-corrected chi connectivity index (χ2v) is 3.54. The third-order valence-corrected chi connectivity index (χ3v) is 2.36. The predicted octanol–water partition coefficient (Wildman–Crippen LogP) is 2.13. The van der Waals surface area contributed by atoms with Crippen LogP contribution in [0.5, 0.6) is 11.5 Å². The van der Waals surface area contributed by atoms with E-state index in [2.05, 4.69) is 10.3 Å². The Morgan fingerprint density at radius 2 is 2.05 bits per heavy atom. The lowest BCUT2D eigenvalue weighted by molar-refractivity contribution is 0.0690. The monoisotopic (exact) mass is 264 g/mol. The Balaban J connectivity index is 2.20. The van der Waals surface area contributed by atoms with Gasteiger partial charge in [0.25, 0.3) is 6.01 Å². The molecule has 0 atom stereocenters. The van der Waals surface area contributed by atoms with Gasteiger partial charge in [-0.25, -0.2) is 4.79 Å². The van der Waals surface area contributed by atoms with Crippen LogP contribution in [-0.2, 0) is 0 Å². The van der Waals surface area contributed by atoms with E-state index in [-0.39, 0.29) is 11.7 Å². The van der Waals surface area contributed by atoms with E-state index < -0.39 is 5.97 Å². The number of nitrogens with zero attached hydrogens (tertiary/aromatic N) is 1. The summed E-state index contributed by atoms with van der Waals surface area (Å²) < 4.78 is 15.2. The van der Waals surface area contributed by atoms with Gasteiger partial charge in [0, 0.05) is 11.8 Å². The van der Waals surface area contributed by atoms with Gasteiger partial charge >= 0.3 is 5.97 Å². The second-order valence-electron chi connectivity index (χ2n) is 3.54. The summed E-state index contributed by atoms with van der Waals surface area (Å²) in [5.41, 5.74) is 0.472. The van der Waals surface area contributed by atoms with E-state index in [0.29, 0.717) is 17.2 Å². The van der Waals surface area contributed by atoms with Gasteiger partial charge < -0.3 is 24.3 Å². The maximum absolute atomic E-state index is 10.7. The molecule has 2 rings (SSSR count). The molecule has 0 saturated carbocycles. The van der Waals surface area contributed by atoms with Crippen LogP contribution in [0.25, 0.3) is 0 Å². The highest BCUT2D eigenvalue weighted by Crippen LogP contribution is 2.30. The molecule has 0 aliphatic heterocycles. The average molecular weight is 264 g/mol. The number of aromatic nitrogens is 1. The molecule has 7 nitrogen and oxygen atoms in total. The summed E-state index contributed by atoms with van der Waals surface area (Å²) in [5.74, 6) is -0.0201. The van der Waals surface area contributed by atoms with Gasteiger partial charge in [-0.05, 0) is 12.1 Å². The maximum Gasteiger partial charge on any atom is 0.357 e. The molecule has 0 bridgehead atoms. The number of carbonyl (C=O) groups is 1. The summed E-state index contributed by atoms with van der Waals surface area (Å²) in [6.07, 6.45) is 1.06. The molecule has 1 aromatic carbocycles. The number of carboxylic acids is 1. The van der Waals surface area contributed by atoms with Crippen LogP contribution in [0.3, 0.4) is 0 Å². The second kappa shape index (κ2) is 5.30. The highest BCUT2D eigenvalue weighted by atomic mass is 16.5. The van der Waals surface area contributed by atoms with Gasteiger partial charge in [-0.15, -0.1) is 0 Å². The minimum absolute atomic E-state index is 0.0876. The van der Waals surface area contributed by atoms with E-state index in [9.17, 15) is 4.79 Å². The molecule has 0 spiro atoms. The molecule has 0 unspecified atom stereocenters. The molecule has 1 heterocycles. The van der Waals surface area contributed by atoms with Crippen LogP contribution in [-0.4, -0.2) is 30.3 Å². The molecule has 7 heteroatoms. The standard InChI is InChI=1S/C12H12N2O5/c1-17-9-4-3-7(5-10(9)18-2)13-12-14-8(6-19-12)11(15)16/h3-6H,1-2H3,(H,13,14)(H,15,16). The number of oxazole rings is 1. The fraction of sp³-hybridized carbons (Fsp3) is 0.167. The molecule has 100 valence electrons. The highest BCUT2D eigenvalue weighted by Gasteiger charge is 2.11. The van der Waals surface area contributed by atoms with Crippen molar-refractivity contribution in [2.45, 2.75) is 0 Å². The van der Waals surface area contributed by atoms with Gasteiger partial charge in [-0.1, -0.05) is 0 Å². The Kier molecular flexibility index (Phi) is 3.56. The molecule has 0 amide bonds. The van der Waals surface area contributed by atoms with E-state index in [1.807, 2.05) is 0 Å².